The lowest BCUT2D eigenvalue weighted by Gasteiger charge is -2.32. The molecule has 1 radical (unpaired) electrons. The van der Waals surface area contributed by atoms with E-state index in [9.17, 15) is 43.9 Å². The summed E-state index contributed by atoms with van der Waals surface area (Å²) in [4.78, 5) is 0. The van der Waals surface area contributed by atoms with Gasteiger partial charge in [0, 0.05) is 21.7 Å². The molecule has 2 aromatic carbocycles. The third-order valence-electron chi connectivity index (χ3n) is 3.76. The molecule has 1 nitrogen and oxygen atoms in total. The Morgan fingerprint density at radius 1 is 0.862 bits per heavy atom. The first-order valence-corrected chi connectivity index (χ1v) is 7.99. The normalized spacial score (nSPS) is 13.3. The van der Waals surface area contributed by atoms with Gasteiger partial charge in [-0.05, 0) is 39.7 Å². The predicted molar refractivity (Wildman–Crippen MR) is 83.0 cm³/mol. The van der Waals surface area contributed by atoms with Gasteiger partial charge >= 0.3 is 24.2 Å². The van der Waals surface area contributed by atoms with Gasteiger partial charge in [-0.25, -0.2) is 4.39 Å². The summed E-state index contributed by atoms with van der Waals surface area (Å²) in [6.45, 7) is 0. The molecule has 12 heteroatoms. The molecule has 0 aliphatic heterocycles. The molecule has 0 fully saturated rings. The third kappa shape index (κ3) is 4.05. The van der Waals surface area contributed by atoms with Crippen LogP contribution in [0.5, 0.6) is 0 Å². The summed E-state index contributed by atoms with van der Waals surface area (Å²) in [6.07, 6.45) is -18.7. The second kappa shape index (κ2) is 7.19. The molecular formula is C17H5BrF10N. The lowest BCUT2D eigenvalue weighted by Crippen LogP contribution is -2.50. The Morgan fingerprint density at radius 2 is 1.41 bits per heavy atom. The molecule has 0 spiro atoms. The van der Waals surface area contributed by atoms with E-state index in [0.29, 0.717) is 0 Å². The minimum absolute atomic E-state index is 0.233. The number of hydrogen-bond acceptors (Lipinski definition) is 1. The highest BCUT2D eigenvalue weighted by molar-refractivity contribution is 9.10. The van der Waals surface area contributed by atoms with E-state index in [-0.39, 0.29) is 5.56 Å². The Labute approximate surface area is 164 Å². The SMILES string of the molecule is N#Cc1cccc(-c2c(Br)[c]c(C(F)(F)F)cc2C(F)(C(F)(F)F)C(F)(F)F)c1. The van der Waals surface area contributed by atoms with Crippen LogP contribution in [0.1, 0.15) is 16.7 Å². The van der Waals surface area contributed by atoms with Crippen molar-refractivity contribution in [2.45, 2.75) is 24.2 Å². The van der Waals surface area contributed by atoms with Crippen molar-refractivity contribution in [2.75, 3.05) is 0 Å². The zero-order chi connectivity index (χ0) is 22.4. The maximum absolute atomic E-state index is 14.7. The topological polar surface area (TPSA) is 23.8 Å². The maximum Gasteiger partial charge on any atom is 0.435 e. The van der Waals surface area contributed by atoms with Gasteiger partial charge in [0.1, 0.15) is 0 Å². The van der Waals surface area contributed by atoms with E-state index in [4.69, 9.17) is 5.26 Å². The number of halogens is 11. The Kier molecular flexibility index (Phi) is 5.70. The molecule has 29 heavy (non-hydrogen) atoms. The number of benzene rings is 2. The van der Waals surface area contributed by atoms with E-state index < -0.39 is 57.0 Å². The molecule has 0 aromatic heterocycles. The molecule has 2 rings (SSSR count). The average molecular weight is 493 g/mol. The lowest BCUT2D eigenvalue weighted by atomic mass is 9.85. The quantitative estimate of drug-likeness (QED) is 0.410. The summed E-state index contributed by atoms with van der Waals surface area (Å²) in [5, 5.41) is 8.86. The van der Waals surface area contributed by atoms with Crippen molar-refractivity contribution in [3.8, 4) is 17.2 Å². The maximum atomic E-state index is 14.7. The van der Waals surface area contributed by atoms with Crippen molar-refractivity contribution in [1.82, 2.24) is 0 Å². The monoisotopic (exact) mass is 492 g/mol. The van der Waals surface area contributed by atoms with Crippen LogP contribution in [0.4, 0.5) is 43.9 Å². The van der Waals surface area contributed by atoms with Crippen LogP contribution in [0, 0.1) is 17.4 Å². The van der Waals surface area contributed by atoms with Gasteiger partial charge in [0.15, 0.2) is 0 Å². The average Bonchev–Trinajstić information content (AvgIpc) is 2.57. The third-order valence-corrected chi connectivity index (χ3v) is 4.35. The van der Waals surface area contributed by atoms with E-state index in [1.165, 1.54) is 0 Å². The van der Waals surface area contributed by atoms with Gasteiger partial charge in [-0.2, -0.15) is 44.8 Å². The van der Waals surface area contributed by atoms with Gasteiger partial charge in [-0.3, -0.25) is 0 Å². The fourth-order valence-electron chi connectivity index (χ4n) is 2.47. The van der Waals surface area contributed by atoms with Crippen LogP contribution in [0.15, 0.2) is 34.8 Å². The van der Waals surface area contributed by atoms with Crippen LogP contribution in [0.25, 0.3) is 11.1 Å². The summed E-state index contributed by atoms with van der Waals surface area (Å²) in [5.41, 5.74) is -12.5. The molecule has 0 saturated carbocycles. The first-order valence-electron chi connectivity index (χ1n) is 7.20. The van der Waals surface area contributed by atoms with Crippen LogP contribution in [0.2, 0.25) is 0 Å². The first-order chi connectivity index (χ1) is 13.0. The molecule has 0 bridgehead atoms. The first kappa shape index (κ1) is 23.0. The molecule has 0 saturated heterocycles. The van der Waals surface area contributed by atoms with Crippen molar-refractivity contribution < 1.29 is 43.9 Å². The largest absolute Gasteiger partial charge is 0.435 e. The molecule has 0 aliphatic carbocycles. The highest BCUT2D eigenvalue weighted by atomic mass is 79.9. The molecule has 2 aromatic rings. The Balaban J connectivity index is 3.05. The van der Waals surface area contributed by atoms with Crippen LogP contribution in [0.3, 0.4) is 0 Å². The fraction of sp³-hybridized carbons (Fsp3) is 0.235. The van der Waals surface area contributed by atoms with Crippen LogP contribution in [-0.4, -0.2) is 12.4 Å². The minimum atomic E-state index is -6.64. The second-order valence-electron chi connectivity index (χ2n) is 5.63. The van der Waals surface area contributed by atoms with E-state index in [1.807, 2.05) is 0 Å². The molecule has 0 atom stereocenters. The molecule has 0 amide bonds. The smallest absolute Gasteiger partial charge is 0.218 e. The van der Waals surface area contributed by atoms with Gasteiger partial charge in [-0.15, -0.1) is 0 Å². The van der Waals surface area contributed by atoms with Crippen LogP contribution >= 0.6 is 15.9 Å². The van der Waals surface area contributed by atoms with Gasteiger partial charge in [0.2, 0.25) is 0 Å². The van der Waals surface area contributed by atoms with Crippen molar-refractivity contribution in [3.63, 3.8) is 0 Å². The Morgan fingerprint density at radius 3 is 1.86 bits per heavy atom. The highest BCUT2D eigenvalue weighted by Gasteiger charge is 2.74. The predicted octanol–water partition coefficient (Wildman–Crippen LogP) is 7.10. The molecular weight excluding hydrogens is 488 g/mol. The Hall–Kier alpha value is -2.29. The van der Waals surface area contributed by atoms with Gasteiger partial charge in [0.05, 0.1) is 17.2 Å². The van der Waals surface area contributed by atoms with Crippen molar-refractivity contribution in [2.24, 2.45) is 0 Å². The zero-order valence-electron chi connectivity index (χ0n) is 13.5. The van der Waals surface area contributed by atoms with E-state index in [2.05, 4.69) is 15.9 Å². The molecule has 0 aliphatic rings. The fourth-order valence-corrected chi connectivity index (χ4v) is 3.12. The summed E-state index contributed by atoms with van der Waals surface area (Å²) >= 11 is 2.46. The zero-order valence-corrected chi connectivity index (χ0v) is 15.1. The van der Waals surface area contributed by atoms with Gasteiger partial charge in [0.25, 0.3) is 0 Å². The van der Waals surface area contributed by atoms with Gasteiger partial charge in [-0.1, -0.05) is 12.1 Å². The number of nitrogens with zero attached hydrogens (tertiary/aromatic N) is 1. The second-order valence-corrected chi connectivity index (χ2v) is 6.42. The number of alkyl halides is 10. The number of rotatable bonds is 2. The Bertz CT molecular complexity index is 952. The van der Waals surface area contributed by atoms with Crippen LogP contribution in [-0.2, 0) is 11.8 Å². The molecule has 0 unspecified atom stereocenters. The number of nitriles is 1. The summed E-state index contributed by atoms with van der Waals surface area (Å²) in [5.74, 6) is 0. The summed E-state index contributed by atoms with van der Waals surface area (Å²) in [7, 11) is 0. The van der Waals surface area contributed by atoms with Crippen molar-refractivity contribution >= 4 is 15.9 Å². The highest BCUT2D eigenvalue weighted by Crippen LogP contribution is 2.57. The van der Waals surface area contributed by atoms with Gasteiger partial charge < -0.3 is 0 Å². The van der Waals surface area contributed by atoms with E-state index in [0.717, 1.165) is 24.3 Å². The van der Waals surface area contributed by atoms with Crippen molar-refractivity contribution in [1.29, 1.82) is 5.26 Å². The summed E-state index contributed by atoms with van der Waals surface area (Å²) in [6, 6.07) is 6.48. The molecule has 0 N–H and O–H groups in total. The minimum Gasteiger partial charge on any atom is -0.218 e. The number of hydrogen-bond donors (Lipinski definition) is 0. The van der Waals surface area contributed by atoms with Crippen LogP contribution < -0.4 is 0 Å². The standard InChI is InChI=1S/C17H5BrF10N/c18-12-6-10(15(20,21)22)5-11(14(19,16(23,24)25)17(26,27)28)13(12)9-3-1-2-8(4-9)7-29/h1-5H. The van der Waals surface area contributed by atoms with E-state index in [1.54, 1.807) is 12.1 Å². The molecule has 155 valence electrons. The molecule has 0 heterocycles. The summed E-state index contributed by atoms with van der Waals surface area (Å²) < 4.78 is 132. The lowest BCUT2D eigenvalue weighted by molar-refractivity contribution is -0.348. The van der Waals surface area contributed by atoms with Crippen molar-refractivity contribution in [3.05, 3.63) is 57.6 Å². The van der Waals surface area contributed by atoms with E-state index >= 15 is 0 Å².